The van der Waals surface area contributed by atoms with E-state index >= 15 is 0 Å². The lowest BCUT2D eigenvalue weighted by molar-refractivity contribution is -0.139. The topological polar surface area (TPSA) is 85.3 Å². The fraction of sp³-hybridized carbons (Fsp3) is 0.241. The molecule has 3 aromatic carbocycles. The van der Waals surface area contributed by atoms with E-state index < -0.39 is 17.7 Å². The molecule has 0 aromatic heterocycles. The number of ketones is 1. The van der Waals surface area contributed by atoms with E-state index in [0.29, 0.717) is 34.8 Å². The van der Waals surface area contributed by atoms with Crippen LogP contribution in [0.3, 0.4) is 0 Å². The molecular weight excluding hydrogens is 458 g/mol. The molecule has 0 saturated carbocycles. The number of hydrogen-bond acceptors (Lipinski definition) is 6. The number of aliphatic hydroxyl groups is 1. The summed E-state index contributed by atoms with van der Waals surface area (Å²) in [5.41, 5.74) is 3.20. The van der Waals surface area contributed by atoms with Crippen LogP contribution in [0.15, 0.2) is 72.3 Å². The molecule has 1 atom stereocenters. The van der Waals surface area contributed by atoms with E-state index in [1.165, 1.54) is 4.90 Å². The molecule has 1 saturated heterocycles. The summed E-state index contributed by atoms with van der Waals surface area (Å²) in [6.45, 7) is 2.20. The molecule has 1 aliphatic heterocycles. The summed E-state index contributed by atoms with van der Waals surface area (Å²) < 4.78 is 16.0. The number of nitrogens with zero attached hydrogens (tertiary/aromatic N) is 1. The molecule has 1 amide bonds. The number of benzene rings is 3. The zero-order valence-corrected chi connectivity index (χ0v) is 20.8. The van der Waals surface area contributed by atoms with E-state index in [1.807, 2.05) is 31.2 Å². The number of carbonyl (C=O) groups is 2. The third-order valence-corrected chi connectivity index (χ3v) is 6.39. The maximum atomic E-state index is 13.2. The molecule has 0 bridgehead atoms. The van der Waals surface area contributed by atoms with Crippen LogP contribution in [0.4, 0.5) is 0 Å². The number of amides is 1. The molecule has 1 fully saturated rings. The lowest BCUT2D eigenvalue weighted by Crippen LogP contribution is -2.31. The zero-order valence-electron chi connectivity index (χ0n) is 20.8. The minimum Gasteiger partial charge on any atom is -0.507 e. The van der Waals surface area contributed by atoms with Crippen molar-refractivity contribution in [2.24, 2.45) is 0 Å². The highest BCUT2D eigenvalue weighted by Gasteiger charge is 2.45. The number of aryl methyl sites for hydroxylation is 1. The molecule has 1 heterocycles. The standard InChI is InChI=1S/C29H29NO6/c1-18-5-8-21(9-6-18)27(31)25-26(20-10-12-22(34-2)13-11-20)30(29(33)28(25)32)16-15-19-7-14-23(35-3)24(17-19)36-4/h5-14,17,26,31H,15-16H2,1-4H3/t26-/m0/s1. The first-order valence-electron chi connectivity index (χ1n) is 11.6. The highest BCUT2D eigenvalue weighted by Crippen LogP contribution is 2.40. The van der Waals surface area contributed by atoms with Crippen LogP contribution in [0.2, 0.25) is 0 Å². The average molecular weight is 488 g/mol. The van der Waals surface area contributed by atoms with Crippen LogP contribution < -0.4 is 14.2 Å². The molecule has 3 aromatic rings. The number of carbonyl (C=O) groups excluding carboxylic acids is 2. The van der Waals surface area contributed by atoms with Crippen molar-refractivity contribution in [1.29, 1.82) is 0 Å². The second-order valence-corrected chi connectivity index (χ2v) is 8.57. The van der Waals surface area contributed by atoms with Crippen molar-refractivity contribution in [3.8, 4) is 17.2 Å². The van der Waals surface area contributed by atoms with Gasteiger partial charge in [0.2, 0.25) is 0 Å². The molecule has 0 unspecified atom stereocenters. The molecule has 0 aliphatic carbocycles. The number of rotatable bonds is 8. The zero-order chi connectivity index (χ0) is 25.8. The van der Waals surface area contributed by atoms with Gasteiger partial charge in [-0.05, 0) is 48.7 Å². The Morgan fingerprint density at radius 3 is 2.14 bits per heavy atom. The molecular formula is C29H29NO6. The molecule has 1 N–H and O–H groups in total. The first-order chi connectivity index (χ1) is 17.4. The molecule has 4 rings (SSSR count). The Labute approximate surface area is 210 Å². The summed E-state index contributed by atoms with van der Waals surface area (Å²) in [5.74, 6) is 0.301. The van der Waals surface area contributed by atoms with E-state index in [-0.39, 0.29) is 17.9 Å². The van der Waals surface area contributed by atoms with Gasteiger partial charge in [0.05, 0.1) is 32.9 Å². The third kappa shape index (κ3) is 4.77. The van der Waals surface area contributed by atoms with Gasteiger partial charge in [-0.2, -0.15) is 0 Å². The summed E-state index contributed by atoms with van der Waals surface area (Å²) >= 11 is 0. The number of aliphatic hydroxyl groups excluding tert-OH is 1. The predicted octanol–water partition coefficient (Wildman–Crippen LogP) is 4.69. The summed E-state index contributed by atoms with van der Waals surface area (Å²) in [4.78, 5) is 28.0. The highest BCUT2D eigenvalue weighted by atomic mass is 16.5. The van der Waals surface area contributed by atoms with Crippen molar-refractivity contribution >= 4 is 17.4 Å². The third-order valence-electron chi connectivity index (χ3n) is 6.39. The predicted molar refractivity (Wildman–Crippen MR) is 136 cm³/mol. The summed E-state index contributed by atoms with van der Waals surface area (Å²) in [5, 5.41) is 11.2. The van der Waals surface area contributed by atoms with Gasteiger partial charge in [0, 0.05) is 12.1 Å². The highest BCUT2D eigenvalue weighted by molar-refractivity contribution is 6.46. The first kappa shape index (κ1) is 24.9. The van der Waals surface area contributed by atoms with E-state index in [4.69, 9.17) is 14.2 Å². The summed E-state index contributed by atoms with van der Waals surface area (Å²) in [6.07, 6.45) is 0.477. The monoisotopic (exact) mass is 487 g/mol. The largest absolute Gasteiger partial charge is 0.507 e. The number of likely N-dealkylation sites (tertiary alicyclic amines) is 1. The Morgan fingerprint density at radius 2 is 1.53 bits per heavy atom. The smallest absolute Gasteiger partial charge is 0.295 e. The molecule has 1 aliphatic rings. The van der Waals surface area contributed by atoms with Gasteiger partial charge in [-0.25, -0.2) is 0 Å². The molecule has 0 spiro atoms. The van der Waals surface area contributed by atoms with Crippen molar-refractivity contribution in [2.45, 2.75) is 19.4 Å². The Bertz CT molecular complexity index is 1290. The van der Waals surface area contributed by atoms with Crippen molar-refractivity contribution in [1.82, 2.24) is 4.90 Å². The SMILES string of the molecule is COc1ccc([C@H]2C(=C(O)c3ccc(C)cc3)C(=O)C(=O)N2CCc2ccc(OC)c(OC)c2)cc1. The van der Waals surface area contributed by atoms with Crippen molar-refractivity contribution in [3.05, 3.63) is 94.6 Å². The number of hydrogen-bond donors (Lipinski definition) is 1. The summed E-state index contributed by atoms with van der Waals surface area (Å²) in [6, 6.07) is 19.2. The van der Waals surface area contributed by atoms with Gasteiger partial charge in [-0.3, -0.25) is 9.59 Å². The molecule has 36 heavy (non-hydrogen) atoms. The lowest BCUT2D eigenvalue weighted by atomic mass is 9.95. The van der Waals surface area contributed by atoms with E-state index in [1.54, 1.807) is 63.8 Å². The van der Waals surface area contributed by atoms with Gasteiger partial charge in [-0.1, -0.05) is 48.0 Å². The Balaban J connectivity index is 1.74. The average Bonchev–Trinajstić information content (AvgIpc) is 3.16. The normalized spacial score (nSPS) is 16.8. The van der Waals surface area contributed by atoms with Crippen LogP contribution in [0.25, 0.3) is 5.76 Å². The number of ether oxygens (including phenoxy) is 3. The maximum Gasteiger partial charge on any atom is 0.295 e. The first-order valence-corrected chi connectivity index (χ1v) is 11.6. The van der Waals surface area contributed by atoms with Crippen LogP contribution in [-0.2, 0) is 16.0 Å². The second kappa shape index (κ2) is 10.6. The Morgan fingerprint density at radius 1 is 0.861 bits per heavy atom. The van der Waals surface area contributed by atoms with E-state index in [2.05, 4.69) is 0 Å². The van der Waals surface area contributed by atoms with Gasteiger partial charge in [-0.15, -0.1) is 0 Å². The molecule has 7 nitrogen and oxygen atoms in total. The van der Waals surface area contributed by atoms with Crippen LogP contribution >= 0.6 is 0 Å². The summed E-state index contributed by atoms with van der Waals surface area (Å²) in [7, 11) is 4.70. The number of Topliss-reactive ketones (excluding diaryl/α,β-unsaturated/α-hetero) is 1. The van der Waals surface area contributed by atoms with Crippen molar-refractivity contribution in [3.63, 3.8) is 0 Å². The fourth-order valence-corrected chi connectivity index (χ4v) is 4.40. The second-order valence-electron chi connectivity index (χ2n) is 8.57. The fourth-order valence-electron chi connectivity index (χ4n) is 4.40. The van der Waals surface area contributed by atoms with Gasteiger partial charge in [0.25, 0.3) is 11.7 Å². The lowest BCUT2D eigenvalue weighted by Gasteiger charge is -2.25. The minimum absolute atomic E-state index is 0.0707. The van der Waals surface area contributed by atoms with Gasteiger partial charge < -0.3 is 24.2 Å². The van der Waals surface area contributed by atoms with Crippen LogP contribution in [-0.4, -0.2) is 49.6 Å². The van der Waals surface area contributed by atoms with Crippen molar-refractivity contribution in [2.75, 3.05) is 27.9 Å². The van der Waals surface area contributed by atoms with Crippen molar-refractivity contribution < 1.29 is 28.9 Å². The van der Waals surface area contributed by atoms with Crippen LogP contribution in [0.5, 0.6) is 17.2 Å². The quantitative estimate of drug-likeness (QED) is 0.282. The molecule has 186 valence electrons. The van der Waals surface area contributed by atoms with E-state index in [9.17, 15) is 14.7 Å². The molecule has 0 radical (unpaired) electrons. The van der Waals surface area contributed by atoms with E-state index in [0.717, 1.165) is 11.1 Å². The Hall–Kier alpha value is -4.26. The van der Waals surface area contributed by atoms with Gasteiger partial charge in [0.15, 0.2) is 11.5 Å². The molecule has 7 heteroatoms. The minimum atomic E-state index is -0.739. The van der Waals surface area contributed by atoms with Crippen LogP contribution in [0.1, 0.15) is 28.3 Å². The van der Waals surface area contributed by atoms with Gasteiger partial charge >= 0.3 is 0 Å². The number of methoxy groups -OCH3 is 3. The maximum absolute atomic E-state index is 13.2. The van der Waals surface area contributed by atoms with Gasteiger partial charge in [0.1, 0.15) is 11.5 Å². The van der Waals surface area contributed by atoms with Crippen LogP contribution in [0, 0.1) is 6.92 Å². The Kier molecular flexibility index (Phi) is 7.29.